The van der Waals surface area contributed by atoms with E-state index >= 15 is 0 Å². The Morgan fingerprint density at radius 2 is 2.07 bits per heavy atom. The van der Waals surface area contributed by atoms with Crippen LogP contribution in [0, 0.1) is 5.82 Å². The summed E-state index contributed by atoms with van der Waals surface area (Å²) in [7, 11) is 1.73. The van der Waals surface area contributed by atoms with E-state index in [0.29, 0.717) is 12.1 Å². The number of likely N-dealkylation sites (N-methyl/N-ethyl adjacent to an activating group) is 1. The van der Waals surface area contributed by atoms with E-state index in [-0.39, 0.29) is 17.6 Å². The average Bonchev–Trinajstić information content (AvgIpc) is 2.26. The average molecular weight is 209 g/mol. The molecule has 1 aromatic rings. The number of benzene rings is 1. The number of para-hydroxylation sites is 1. The minimum Gasteiger partial charge on any atom is -0.362 e. The smallest absolute Gasteiger partial charge is 0.154 e. The van der Waals surface area contributed by atoms with Crippen molar-refractivity contribution in [2.24, 2.45) is 0 Å². The number of carbonyl (C=O) groups is 1. The monoisotopic (exact) mass is 209 g/mol. The molecule has 2 nitrogen and oxygen atoms in total. The summed E-state index contributed by atoms with van der Waals surface area (Å²) in [6.07, 6.45) is 0.472. The van der Waals surface area contributed by atoms with Crippen molar-refractivity contribution in [3.63, 3.8) is 0 Å². The Hall–Kier alpha value is -1.38. The maximum Gasteiger partial charge on any atom is 0.154 e. The van der Waals surface area contributed by atoms with Gasteiger partial charge in [-0.2, -0.15) is 0 Å². The lowest BCUT2D eigenvalue weighted by Crippen LogP contribution is -2.36. The second-order valence-electron chi connectivity index (χ2n) is 3.56. The van der Waals surface area contributed by atoms with Gasteiger partial charge in [0.05, 0.1) is 11.7 Å². The number of ketones is 1. The van der Waals surface area contributed by atoms with Crippen molar-refractivity contribution < 1.29 is 9.18 Å². The standard InChI is InChI=1S/C12H16FNO/c1-4-12(15)9(2)14(3)11-8-6-5-7-10(11)13/h5-9H,4H2,1-3H3. The van der Waals surface area contributed by atoms with E-state index in [2.05, 4.69) is 0 Å². The van der Waals surface area contributed by atoms with Crippen LogP contribution in [0.5, 0.6) is 0 Å². The number of Topliss-reactive ketones (excluding diaryl/α,β-unsaturated/α-hetero) is 1. The first-order chi connectivity index (χ1) is 7.07. The van der Waals surface area contributed by atoms with E-state index in [1.165, 1.54) is 6.07 Å². The summed E-state index contributed by atoms with van der Waals surface area (Å²) in [6.45, 7) is 3.60. The molecule has 1 atom stereocenters. The predicted molar refractivity (Wildman–Crippen MR) is 59.6 cm³/mol. The molecule has 0 aliphatic heterocycles. The summed E-state index contributed by atoms with van der Waals surface area (Å²) in [6, 6.07) is 6.19. The Morgan fingerprint density at radius 1 is 1.47 bits per heavy atom. The lowest BCUT2D eigenvalue weighted by Gasteiger charge is -2.25. The largest absolute Gasteiger partial charge is 0.362 e. The summed E-state index contributed by atoms with van der Waals surface area (Å²) < 4.78 is 13.4. The lowest BCUT2D eigenvalue weighted by atomic mass is 10.1. The normalized spacial score (nSPS) is 12.3. The van der Waals surface area contributed by atoms with E-state index in [9.17, 15) is 9.18 Å². The molecule has 0 aliphatic rings. The number of hydrogen-bond acceptors (Lipinski definition) is 2. The van der Waals surface area contributed by atoms with Crippen molar-refractivity contribution in [1.82, 2.24) is 0 Å². The summed E-state index contributed by atoms with van der Waals surface area (Å²) >= 11 is 0. The molecule has 1 rings (SSSR count). The zero-order chi connectivity index (χ0) is 11.4. The highest BCUT2D eigenvalue weighted by molar-refractivity contribution is 5.86. The Bertz CT molecular complexity index is 351. The van der Waals surface area contributed by atoms with Gasteiger partial charge in [0.1, 0.15) is 5.82 Å². The molecule has 1 aromatic carbocycles. The van der Waals surface area contributed by atoms with Crippen LogP contribution in [0.4, 0.5) is 10.1 Å². The van der Waals surface area contributed by atoms with Gasteiger partial charge in [0, 0.05) is 13.5 Å². The molecule has 0 radical (unpaired) electrons. The third kappa shape index (κ3) is 2.55. The molecule has 0 amide bonds. The molecule has 0 aromatic heterocycles. The first kappa shape index (κ1) is 11.7. The molecule has 0 bridgehead atoms. The molecular formula is C12H16FNO. The fourth-order valence-electron chi connectivity index (χ4n) is 1.46. The molecular weight excluding hydrogens is 193 g/mol. The number of halogens is 1. The van der Waals surface area contributed by atoms with Crippen molar-refractivity contribution in [3.8, 4) is 0 Å². The van der Waals surface area contributed by atoms with Gasteiger partial charge in [0.2, 0.25) is 0 Å². The predicted octanol–water partition coefficient (Wildman–Crippen LogP) is 2.63. The van der Waals surface area contributed by atoms with Crippen LogP contribution in [-0.2, 0) is 4.79 Å². The van der Waals surface area contributed by atoms with Gasteiger partial charge in [0.15, 0.2) is 5.78 Å². The number of anilines is 1. The Morgan fingerprint density at radius 3 is 2.60 bits per heavy atom. The van der Waals surface area contributed by atoms with Crippen LogP contribution in [0.3, 0.4) is 0 Å². The molecule has 0 aliphatic carbocycles. The number of hydrogen-bond donors (Lipinski definition) is 0. The van der Waals surface area contributed by atoms with Crippen LogP contribution in [0.1, 0.15) is 20.3 Å². The van der Waals surface area contributed by atoms with Gasteiger partial charge in [-0.1, -0.05) is 19.1 Å². The molecule has 0 heterocycles. The van der Waals surface area contributed by atoms with Crippen LogP contribution in [0.2, 0.25) is 0 Å². The highest BCUT2D eigenvalue weighted by Crippen LogP contribution is 2.19. The van der Waals surface area contributed by atoms with Crippen LogP contribution >= 0.6 is 0 Å². The van der Waals surface area contributed by atoms with Crippen molar-refractivity contribution in [1.29, 1.82) is 0 Å². The summed E-state index contributed by atoms with van der Waals surface area (Å²) in [5.41, 5.74) is 0.465. The minimum atomic E-state index is -0.296. The molecule has 0 spiro atoms. The molecule has 0 fully saturated rings. The first-order valence-corrected chi connectivity index (χ1v) is 5.08. The van der Waals surface area contributed by atoms with Gasteiger partial charge in [-0.05, 0) is 19.1 Å². The van der Waals surface area contributed by atoms with Gasteiger partial charge < -0.3 is 4.90 Å². The van der Waals surface area contributed by atoms with Gasteiger partial charge in [-0.3, -0.25) is 4.79 Å². The number of carbonyl (C=O) groups excluding carboxylic acids is 1. The lowest BCUT2D eigenvalue weighted by molar-refractivity contribution is -0.119. The van der Waals surface area contributed by atoms with E-state index in [1.807, 2.05) is 6.92 Å². The van der Waals surface area contributed by atoms with E-state index < -0.39 is 0 Å². The van der Waals surface area contributed by atoms with Crippen LogP contribution in [0.25, 0.3) is 0 Å². The third-order valence-corrected chi connectivity index (χ3v) is 2.63. The fraction of sp³-hybridized carbons (Fsp3) is 0.417. The van der Waals surface area contributed by atoms with Crippen molar-refractivity contribution in [2.75, 3.05) is 11.9 Å². The SMILES string of the molecule is CCC(=O)C(C)N(C)c1ccccc1F. The summed E-state index contributed by atoms with van der Waals surface area (Å²) in [4.78, 5) is 13.1. The molecule has 1 unspecified atom stereocenters. The minimum absolute atomic E-state index is 0.112. The van der Waals surface area contributed by atoms with E-state index in [0.717, 1.165) is 0 Å². The first-order valence-electron chi connectivity index (χ1n) is 5.08. The van der Waals surface area contributed by atoms with Crippen molar-refractivity contribution in [2.45, 2.75) is 26.3 Å². The topological polar surface area (TPSA) is 20.3 Å². The quantitative estimate of drug-likeness (QED) is 0.759. The molecule has 15 heavy (non-hydrogen) atoms. The molecule has 0 saturated heterocycles. The zero-order valence-electron chi connectivity index (χ0n) is 9.33. The van der Waals surface area contributed by atoms with E-state index in [4.69, 9.17) is 0 Å². The van der Waals surface area contributed by atoms with E-state index in [1.54, 1.807) is 37.1 Å². The van der Waals surface area contributed by atoms with Crippen LogP contribution in [0.15, 0.2) is 24.3 Å². The molecule has 3 heteroatoms. The molecule has 0 saturated carbocycles. The summed E-state index contributed by atoms with van der Waals surface area (Å²) in [5, 5.41) is 0. The highest BCUT2D eigenvalue weighted by atomic mass is 19.1. The fourth-order valence-corrected chi connectivity index (χ4v) is 1.46. The molecule has 0 N–H and O–H groups in total. The Balaban J connectivity index is 2.89. The summed E-state index contributed by atoms with van der Waals surface area (Å²) in [5.74, 6) is -0.184. The second kappa shape index (κ2) is 4.91. The van der Waals surface area contributed by atoms with Gasteiger partial charge in [0.25, 0.3) is 0 Å². The van der Waals surface area contributed by atoms with Crippen molar-refractivity contribution in [3.05, 3.63) is 30.1 Å². The highest BCUT2D eigenvalue weighted by Gasteiger charge is 2.18. The van der Waals surface area contributed by atoms with Gasteiger partial charge >= 0.3 is 0 Å². The Kier molecular flexibility index (Phi) is 3.83. The van der Waals surface area contributed by atoms with Crippen molar-refractivity contribution >= 4 is 11.5 Å². The number of nitrogens with zero attached hydrogens (tertiary/aromatic N) is 1. The number of rotatable bonds is 4. The second-order valence-corrected chi connectivity index (χ2v) is 3.56. The van der Waals surface area contributed by atoms with Gasteiger partial charge in [-0.15, -0.1) is 0 Å². The van der Waals surface area contributed by atoms with Crippen LogP contribution < -0.4 is 4.90 Å². The maximum atomic E-state index is 13.4. The Labute approximate surface area is 89.7 Å². The van der Waals surface area contributed by atoms with Gasteiger partial charge in [-0.25, -0.2) is 4.39 Å². The molecule has 82 valence electrons. The maximum absolute atomic E-state index is 13.4. The third-order valence-electron chi connectivity index (χ3n) is 2.63. The van der Waals surface area contributed by atoms with Crippen LogP contribution in [-0.4, -0.2) is 18.9 Å². The zero-order valence-corrected chi connectivity index (χ0v) is 9.33.